The maximum atomic E-state index is 12.8. The molecule has 0 aromatic heterocycles. The van der Waals surface area contributed by atoms with Gasteiger partial charge in [-0.2, -0.15) is 13.2 Å². The summed E-state index contributed by atoms with van der Waals surface area (Å²) in [4.78, 5) is 0. The van der Waals surface area contributed by atoms with E-state index in [2.05, 4.69) is 22.8 Å². The van der Waals surface area contributed by atoms with Gasteiger partial charge in [-0.15, -0.1) is 0 Å². The molecule has 2 aromatic rings. The number of alkyl halides is 3. The minimum atomic E-state index is -4.30. The topological polar surface area (TPSA) is 24.1 Å². The van der Waals surface area contributed by atoms with Gasteiger partial charge in [-0.25, -0.2) is 0 Å². The molecule has 2 N–H and O–H groups in total. The Morgan fingerprint density at radius 2 is 1.83 bits per heavy atom. The van der Waals surface area contributed by atoms with E-state index in [0.29, 0.717) is 12.1 Å². The molecule has 2 atom stereocenters. The normalized spacial score (nSPS) is 21.6. The average molecular weight is 334 g/mol. The molecule has 3 rings (SSSR count). The lowest BCUT2D eigenvalue weighted by Gasteiger charge is -2.34. The SMILES string of the molecule is FC(F)(F)c1cccc(CNC2CCCNC2c2ccccc2)c1. The summed E-state index contributed by atoms with van der Waals surface area (Å²) in [6.45, 7) is 1.39. The molecule has 1 aliphatic rings. The van der Waals surface area contributed by atoms with Gasteiger partial charge in [0.1, 0.15) is 0 Å². The van der Waals surface area contributed by atoms with Crippen LogP contribution in [0.4, 0.5) is 13.2 Å². The van der Waals surface area contributed by atoms with E-state index in [1.807, 2.05) is 18.2 Å². The fourth-order valence-corrected chi connectivity index (χ4v) is 3.23. The molecule has 0 radical (unpaired) electrons. The Kier molecular flexibility index (Phi) is 5.21. The van der Waals surface area contributed by atoms with E-state index in [4.69, 9.17) is 0 Å². The van der Waals surface area contributed by atoms with Crippen LogP contribution >= 0.6 is 0 Å². The molecule has 1 heterocycles. The predicted molar refractivity (Wildman–Crippen MR) is 88.5 cm³/mol. The molecule has 0 aliphatic carbocycles. The fourth-order valence-electron chi connectivity index (χ4n) is 3.23. The summed E-state index contributed by atoms with van der Waals surface area (Å²) in [5, 5.41) is 6.95. The third kappa shape index (κ3) is 4.16. The highest BCUT2D eigenvalue weighted by molar-refractivity contribution is 5.26. The maximum absolute atomic E-state index is 12.8. The molecule has 24 heavy (non-hydrogen) atoms. The highest BCUT2D eigenvalue weighted by atomic mass is 19.4. The van der Waals surface area contributed by atoms with Crippen LogP contribution in [-0.4, -0.2) is 12.6 Å². The minimum absolute atomic E-state index is 0.186. The van der Waals surface area contributed by atoms with Crippen molar-refractivity contribution in [2.75, 3.05) is 6.54 Å². The van der Waals surface area contributed by atoms with Gasteiger partial charge in [-0.3, -0.25) is 0 Å². The molecule has 0 saturated carbocycles. The van der Waals surface area contributed by atoms with Crippen molar-refractivity contribution in [2.24, 2.45) is 0 Å². The molecule has 128 valence electrons. The lowest BCUT2D eigenvalue weighted by Crippen LogP contribution is -2.45. The summed E-state index contributed by atoms with van der Waals surface area (Å²) in [5.41, 5.74) is 1.27. The molecular weight excluding hydrogens is 313 g/mol. The standard InChI is InChI=1S/C19H21F3N2/c20-19(21,22)16-9-4-6-14(12-16)13-24-17-10-5-11-23-18(17)15-7-2-1-3-8-15/h1-4,6-9,12,17-18,23-24H,5,10-11,13H2. The van der Waals surface area contributed by atoms with E-state index in [9.17, 15) is 13.2 Å². The van der Waals surface area contributed by atoms with Crippen molar-refractivity contribution in [1.29, 1.82) is 0 Å². The van der Waals surface area contributed by atoms with Crippen LogP contribution in [0.15, 0.2) is 54.6 Å². The molecule has 1 saturated heterocycles. The number of benzene rings is 2. The molecule has 2 aromatic carbocycles. The Bertz CT molecular complexity index is 655. The van der Waals surface area contributed by atoms with Gasteiger partial charge in [0.2, 0.25) is 0 Å². The monoisotopic (exact) mass is 334 g/mol. The Morgan fingerprint density at radius 1 is 1.04 bits per heavy atom. The van der Waals surface area contributed by atoms with Crippen molar-refractivity contribution in [2.45, 2.75) is 37.6 Å². The summed E-state index contributed by atoms with van der Waals surface area (Å²) < 4.78 is 38.4. The van der Waals surface area contributed by atoms with E-state index >= 15 is 0 Å². The van der Waals surface area contributed by atoms with Crippen LogP contribution in [0, 0.1) is 0 Å². The third-order valence-electron chi connectivity index (χ3n) is 4.44. The predicted octanol–water partition coefficient (Wildman–Crippen LogP) is 4.29. The Morgan fingerprint density at radius 3 is 2.58 bits per heavy atom. The van der Waals surface area contributed by atoms with Gasteiger partial charge in [-0.05, 0) is 36.6 Å². The Hall–Kier alpha value is -1.85. The Labute approximate surface area is 140 Å². The van der Waals surface area contributed by atoms with Crippen molar-refractivity contribution in [1.82, 2.24) is 10.6 Å². The van der Waals surface area contributed by atoms with Gasteiger partial charge in [-0.1, -0.05) is 48.5 Å². The van der Waals surface area contributed by atoms with Crippen LogP contribution in [0.3, 0.4) is 0 Å². The van der Waals surface area contributed by atoms with Gasteiger partial charge < -0.3 is 10.6 Å². The molecule has 0 amide bonds. The average Bonchev–Trinajstić information content (AvgIpc) is 2.60. The molecule has 0 bridgehead atoms. The summed E-state index contributed by atoms with van der Waals surface area (Å²) in [6, 6.07) is 16.1. The summed E-state index contributed by atoms with van der Waals surface area (Å²) >= 11 is 0. The molecule has 1 aliphatic heterocycles. The van der Waals surface area contributed by atoms with Crippen LogP contribution in [0.5, 0.6) is 0 Å². The lowest BCUT2D eigenvalue weighted by atomic mass is 9.92. The molecular formula is C19H21F3N2. The molecule has 1 fully saturated rings. The molecule has 2 nitrogen and oxygen atoms in total. The second-order valence-corrected chi connectivity index (χ2v) is 6.17. The molecule has 0 spiro atoms. The summed E-state index contributed by atoms with van der Waals surface area (Å²) in [5.74, 6) is 0. The number of piperidine rings is 1. The maximum Gasteiger partial charge on any atom is 0.416 e. The second-order valence-electron chi connectivity index (χ2n) is 6.17. The first-order valence-electron chi connectivity index (χ1n) is 8.22. The van der Waals surface area contributed by atoms with Gasteiger partial charge in [0.25, 0.3) is 0 Å². The van der Waals surface area contributed by atoms with Gasteiger partial charge >= 0.3 is 6.18 Å². The van der Waals surface area contributed by atoms with Crippen molar-refractivity contribution in [3.8, 4) is 0 Å². The van der Waals surface area contributed by atoms with Crippen molar-refractivity contribution in [3.63, 3.8) is 0 Å². The molecule has 2 unspecified atom stereocenters. The van der Waals surface area contributed by atoms with Crippen LogP contribution in [0.25, 0.3) is 0 Å². The number of halogens is 3. The van der Waals surface area contributed by atoms with Gasteiger partial charge in [0, 0.05) is 18.6 Å². The largest absolute Gasteiger partial charge is 0.416 e. The highest BCUT2D eigenvalue weighted by Crippen LogP contribution is 2.30. The van der Waals surface area contributed by atoms with Crippen molar-refractivity contribution < 1.29 is 13.2 Å². The van der Waals surface area contributed by atoms with Crippen LogP contribution in [0.1, 0.15) is 35.6 Å². The number of rotatable bonds is 4. The number of nitrogens with one attached hydrogen (secondary N) is 2. The van der Waals surface area contributed by atoms with Crippen LogP contribution in [0.2, 0.25) is 0 Å². The van der Waals surface area contributed by atoms with E-state index in [0.717, 1.165) is 25.5 Å². The zero-order valence-electron chi connectivity index (χ0n) is 13.3. The summed E-state index contributed by atoms with van der Waals surface area (Å²) in [7, 11) is 0. The van der Waals surface area contributed by atoms with E-state index in [-0.39, 0.29) is 12.1 Å². The first kappa shape index (κ1) is 17.0. The van der Waals surface area contributed by atoms with E-state index in [1.165, 1.54) is 17.7 Å². The van der Waals surface area contributed by atoms with Gasteiger partial charge in [0.05, 0.1) is 5.56 Å². The van der Waals surface area contributed by atoms with Crippen LogP contribution in [-0.2, 0) is 12.7 Å². The van der Waals surface area contributed by atoms with Crippen molar-refractivity contribution >= 4 is 0 Å². The van der Waals surface area contributed by atoms with Crippen molar-refractivity contribution in [3.05, 3.63) is 71.3 Å². The summed E-state index contributed by atoms with van der Waals surface area (Å²) in [6.07, 6.45) is -2.23. The number of hydrogen-bond donors (Lipinski definition) is 2. The Balaban J connectivity index is 1.68. The highest BCUT2D eigenvalue weighted by Gasteiger charge is 2.30. The zero-order valence-corrected chi connectivity index (χ0v) is 13.3. The van der Waals surface area contributed by atoms with Gasteiger partial charge in [0.15, 0.2) is 0 Å². The second kappa shape index (κ2) is 7.36. The van der Waals surface area contributed by atoms with Crippen LogP contribution < -0.4 is 10.6 Å². The third-order valence-corrected chi connectivity index (χ3v) is 4.44. The number of hydrogen-bond acceptors (Lipinski definition) is 2. The quantitative estimate of drug-likeness (QED) is 0.872. The fraction of sp³-hybridized carbons (Fsp3) is 0.368. The smallest absolute Gasteiger partial charge is 0.309 e. The first-order chi connectivity index (χ1) is 11.5. The van der Waals surface area contributed by atoms with E-state index < -0.39 is 11.7 Å². The lowest BCUT2D eigenvalue weighted by molar-refractivity contribution is -0.137. The minimum Gasteiger partial charge on any atom is -0.309 e. The zero-order chi connectivity index (χ0) is 17.0. The first-order valence-corrected chi connectivity index (χ1v) is 8.22. The molecule has 5 heteroatoms. The van der Waals surface area contributed by atoms with E-state index in [1.54, 1.807) is 6.07 Å².